The Hall–Kier alpha value is -2.44. The minimum Gasteiger partial charge on any atom is -0.408 e. The topological polar surface area (TPSA) is 113 Å². The molecule has 0 radical (unpaired) electrons. The van der Waals surface area contributed by atoms with Crippen molar-refractivity contribution in [2.24, 2.45) is 0 Å². The third-order valence-electron chi connectivity index (χ3n) is 2.41. The number of benzene rings is 1. The average molecular weight is 250 g/mol. The highest BCUT2D eigenvalue weighted by atomic mass is 16.4. The number of hydrogen-bond donors (Lipinski definition) is 4. The summed E-state index contributed by atoms with van der Waals surface area (Å²) >= 11 is 0. The van der Waals surface area contributed by atoms with Crippen molar-refractivity contribution in [2.45, 2.75) is 6.92 Å². The Bertz CT molecular complexity index is 629. The first-order valence-corrected chi connectivity index (χ1v) is 5.47. The van der Waals surface area contributed by atoms with Crippen LogP contribution in [-0.4, -0.2) is 24.0 Å². The van der Waals surface area contributed by atoms with Crippen molar-refractivity contribution in [3.8, 4) is 0 Å². The van der Waals surface area contributed by atoms with Gasteiger partial charge in [0.05, 0.1) is 16.9 Å². The first kappa shape index (κ1) is 12.0. The van der Waals surface area contributed by atoms with Crippen LogP contribution in [0.25, 0.3) is 11.1 Å². The maximum Gasteiger partial charge on any atom is 0.417 e. The fourth-order valence-electron chi connectivity index (χ4n) is 1.60. The van der Waals surface area contributed by atoms with E-state index < -0.39 is 5.76 Å². The first-order valence-electron chi connectivity index (χ1n) is 5.47. The number of nitrogens with one attached hydrogen (secondary N) is 3. The van der Waals surface area contributed by atoms with Crippen LogP contribution in [0.5, 0.6) is 0 Å². The molecular formula is C11H14N4O3. The molecule has 1 aromatic heterocycles. The smallest absolute Gasteiger partial charge is 0.408 e. The van der Waals surface area contributed by atoms with Gasteiger partial charge in [-0.05, 0) is 6.07 Å². The van der Waals surface area contributed by atoms with Crippen molar-refractivity contribution >= 4 is 28.4 Å². The molecule has 0 aliphatic heterocycles. The summed E-state index contributed by atoms with van der Waals surface area (Å²) in [6.07, 6.45) is 0. The van der Waals surface area contributed by atoms with Gasteiger partial charge in [0, 0.05) is 26.1 Å². The lowest BCUT2D eigenvalue weighted by molar-refractivity contribution is -0.118. The quantitative estimate of drug-likeness (QED) is 0.459. The number of H-pyrrole nitrogens is 1. The minimum absolute atomic E-state index is 0.0839. The van der Waals surface area contributed by atoms with Gasteiger partial charge in [0.15, 0.2) is 5.58 Å². The highest BCUT2D eigenvalue weighted by molar-refractivity contribution is 5.85. The fraction of sp³-hybridized carbons (Fsp3) is 0.273. The Morgan fingerprint density at radius 2 is 2.22 bits per heavy atom. The maximum absolute atomic E-state index is 11.0. The summed E-state index contributed by atoms with van der Waals surface area (Å²) in [4.78, 5) is 24.2. The van der Waals surface area contributed by atoms with Crippen molar-refractivity contribution in [1.29, 1.82) is 0 Å². The molecule has 0 bridgehead atoms. The average Bonchev–Trinajstić information content (AvgIpc) is 2.63. The van der Waals surface area contributed by atoms with Crippen LogP contribution in [0.15, 0.2) is 21.3 Å². The van der Waals surface area contributed by atoms with Crippen LogP contribution < -0.4 is 22.1 Å². The number of amides is 1. The van der Waals surface area contributed by atoms with Crippen LogP contribution in [0.2, 0.25) is 0 Å². The van der Waals surface area contributed by atoms with E-state index in [1.165, 1.54) is 6.92 Å². The number of fused-ring (bicyclic) bond motifs is 1. The number of nitrogen functional groups attached to an aromatic ring is 1. The van der Waals surface area contributed by atoms with Crippen LogP contribution in [0.4, 0.5) is 11.4 Å². The molecule has 0 atom stereocenters. The molecule has 7 heteroatoms. The molecule has 1 amide bonds. The molecule has 0 saturated carbocycles. The number of nitrogens with two attached hydrogens (primary N) is 1. The summed E-state index contributed by atoms with van der Waals surface area (Å²) in [6, 6.07) is 3.28. The van der Waals surface area contributed by atoms with Gasteiger partial charge < -0.3 is 20.8 Å². The molecular weight excluding hydrogens is 236 g/mol. The number of aromatic nitrogens is 1. The van der Waals surface area contributed by atoms with E-state index in [2.05, 4.69) is 15.6 Å². The number of carbonyl (C=O) groups excluding carboxylic acids is 1. The van der Waals surface area contributed by atoms with E-state index in [1.807, 2.05) is 0 Å². The largest absolute Gasteiger partial charge is 0.417 e. The Balaban J connectivity index is 2.10. The molecule has 2 rings (SSSR count). The van der Waals surface area contributed by atoms with Gasteiger partial charge >= 0.3 is 5.76 Å². The predicted octanol–water partition coefficient (Wildman–Crippen LogP) is 0.251. The zero-order valence-electron chi connectivity index (χ0n) is 9.87. The van der Waals surface area contributed by atoms with Gasteiger partial charge in [-0.3, -0.25) is 9.78 Å². The molecule has 1 heterocycles. The van der Waals surface area contributed by atoms with Gasteiger partial charge in [-0.25, -0.2) is 4.79 Å². The van der Waals surface area contributed by atoms with E-state index >= 15 is 0 Å². The van der Waals surface area contributed by atoms with E-state index in [0.29, 0.717) is 35.6 Å². The second-order valence-corrected chi connectivity index (χ2v) is 3.86. The normalized spacial score (nSPS) is 10.5. The van der Waals surface area contributed by atoms with E-state index in [1.54, 1.807) is 12.1 Å². The monoisotopic (exact) mass is 250 g/mol. The van der Waals surface area contributed by atoms with Gasteiger partial charge in [0.25, 0.3) is 0 Å². The van der Waals surface area contributed by atoms with Gasteiger partial charge in [0.2, 0.25) is 5.91 Å². The van der Waals surface area contributed by atoms with E-state index in [-0.39, 0.29) is 5.91 Å². The Morgan fingerprint density at radius 1 is 1.44 bits per heavy atom. The molecule has 0 aliphatic rings. The van der Waals surface area contributed by atoms with Crippen LogP contribution in [0.3, 0.4) is 0 Å². The maximum atomic E-state index is 11.0. The number of aromatic amines is 1. The highest BCUT2D eigenvalue weighted by Gasteiger charge is 2.06. The van der Waals surface area contributed by atoms with Gasteiger partial charge in [-0.1, -0.05) is 0 Å². The third-order valence-corrected chi connectivity index (χ3v) is 2.41. The first-order chi connectivity index (χ1) is 8.56. The number of hydrogen-bond acceptors (Lipinski definition) is 5. The van der Waals surface area contributed by atoms with Gasteiger partial charge in [-0.2, -0.15) is 0 Å². The zero-order valence-corrected chi connectivity index (χ0v) is 9.87. The lowest BCUT2D eigenvalue weighted by Gasteiger charge is -2.09. The predicted molar refractivity (Wildman–Crippen MR) is 68.4 cm³/mol. The van der Waals surface area contributed by atoms with Crippen molar-refractivity contribution in [1.82, 2.24) is 10.3 Å². The Morgan fingerprint density at radius 3 is 2.94 bits per heavy atom. The summed E-state index contributed by atoms with van der Waals surface area (Å²) in [6.45, 7) is 2.49. The van der Waals surface area contributed by atoms with E-state index in [9.17, 15) is 9.59 Å². The van der Waals surface area contributed by atoms with Crippen molar-refractivity contribution < 1.29 is 9.21 Å². The van der Waals surface area contributed by atoms with Crippen molar-refractivity contribution in [3.63, 3.8) is 0 Å². The van der Waals surface area contributed by atoms with Crippen molar-refractivity contribution in [2.75, 3.05) is 24.1 Å². The Labute approximate surface area is 102 Å². The SMILES string of the molecule is CC(=O)NCCNc1cc2[nH]c(=O)oc2cc1N. The lowest BCUT2D eigenvalue weighted by Crippen LogP contribution is -2.26. The van der Waals surface area contributed by atoms with Crippen molar-refractivity contribution in [3.05, 3.63) is 22.7 Å². The summed E-state index contributed by atoms with van der Waals surface area (Å²) in [5.41, 5.74) is 7.98. The van der Waals surface area contributed by atoms with Crippen LogP contribution in [0, 0.1) is 0 Å². The lowest BCUT2D eigenvalue weighted by atomic mass is 10.2. The summed E-state index contributed by atoms with van der Waals surface area (Å²) < 4.78 is 4.88. The molecule has 7 nitrogen and oxygen atoms in total. The molecule has 96 valence electrons. The molecule has 0 unspecified atom stereocenters. The molecule has 5 N–H and O–H groups in total. The summed E-state index contributed by atoms with van der Waals surface area (Å²) in [5, 5.41) is 5.72. The van der Waals surface area contributed by atoms with Crippen LogP contribution in [-0.2, 0) is 4.79 Å². The summed E-state index contributed by atoms with van der Waals surface area (Å²) in [7, 11) is 0. The number of rotatable bonds is 4. The van der Waals surface area contributed by atoms with Gasteiger partial charge in [0.1, 0.15) is 0 Å². The second kappa shape index (κ2) is 4.82. The molecule has 0 fully saturated rings. The third kappa shape index (κ3) is 2.62. The zero-order chi connectivity index (χ0) is 13.1. The second-order valence-electron chi connectivity index (χ2n) is 3.86. The van der Waals surface area contributed by atoms with Gasteiger partial charge in [-0.15, -0.1) is 0 Å². The standard InChI is InChI=1S/C11H14N4O3/c1-6(16)13-2-3-14-8-5-9-10(4-7(8)12)18-11(17)15-9/h4-5,14H,2-3,12H2,1H3,(H,13,16)(H,15,17). The number of carbonyl (C=O) groups is 1. The molecule has 2 aromatic rings. The van der Waals surface area contributed by atoms with E-state index in [4.69, 9.17) is 10.2 Å². The minimum atomic E-state index is -0.514. The molecule has 18 heavy (non-hydrogen) atoms. The number of anilines is 2. The molecule has 0 saturated heterocycles. The van der Waals surface area contributed by atoms with E-state index in [0.717, 1.165) is 0 Å². The highest BCUT2D eigenvalue weighted by Crippen LogP contribution is 2.23. The molecule has 1 aromatic carbocycles. The molecule has 0 aliphatic carbocycles. The Kier molecular flexibility index (Phi) is 3.22. The fourth-order valence-corrected chi connectivity index (χ4v) is 1.60. The summed E-state index contributed by atoms with van der Waals surface area (Å²) in [5.74, 6) is -0.598. The van der Waals surface area contributed by atoms with Crippen LogP contribution >= 0.6 is 0 Å². The molecule has 0 spiro atoms. The number of oxazole rings is 1. The van der Waals surface area contributed by atoms with Crippen LogP contribution in [0.1, 0.15) is 6.92 Å².